The number of hydrogen-bond donors (Lipinski definition) is 2. The van der Waals surface area contributed by atoms with E-state index >= 15 is 0 Å². The topological polar surface area (TPSA) is 84.7 Å². The minimum absolute atomic E-state index is 0.0123. The van der Waals surface area contributed by atoms with E-state index in [0.717, 1.165) is 32.2 Å². The predicted molar refractivity (Wildman–Crippen MR) is 98.0 cm³/mol. The molecule has 1 saturated heterocycles. The van der Waals surface area contributed by atoms with Crippen molar-refractivity contribution in [2.45, 2.75) is 71.4 Å². The van der Waals surface area contributed by atoms with Gasteiger partial charge in [-0.15, -0.1) is 0 Å². The molecule has 1 saturated carbocycles. The van der Waals surface area contributed by atoms with Crippen molar-refractivity contribution >= 4 is 11.8 Å². The summed E-state index contributed by atoms with van der Waals surface area (Å²) >= 11 is 0. The molecular weight excluding hydrogens is 318 g/mol. The lowest BCUT2D eigenvalue weighted by atomic mass is 9.54. The van der Waals surface area contributed by atoms with Gasteiger partial charge in [0.2, 0.25) is 11.8 Å². The normalized spacial score (nSPS) is 29.2. The molecule has 1 aliphatic carbocycles. The number of nitrogens with two attached hydrogens (primary N) is 1. The number of nitrogens with zero attached hydrogens (tertiary/aromatic N) is 1. The molecule has 1 heterocycles. The number of amides is 2. The van der Waals surface area contributed by atoms with Gasteiger partial charge in [0.25, 0.3) is 0 Å². The molecule has 6 nitrogen and oxygen atoms in total. The fraction of sp³-hybridized carbons (Fsp3) is 0.895. The third kappa shape index (κ3) is 3.85. The van der Waals surface area contributed by atoms with E-state index in [1.807, 2.05) is 25.7 Å². The lowest BCUT2D eigenvalue weighted by Crippen LogP contribution is -2.76. The summed E-state index contributed by atoms with van der Waals surface area (Å²) in [6, 6.07) is 0. The highest BCUT2D eigenvalue weighted by Crippen LogP contribution is 2.50. The van der Waals surface area contributed by atoms with Gasteiger partial charge in [0.1, 0.15) is 5.54 Å². The number of piperidine rings is 1. The van der Waals surface area contributed by atoms with Crippen molar-refractivity contribution in [2.24, 2.45) is 17.1 Å². The van der Waals surface area contributed by atoms with Crippen molar-refractivity contribution in [3.8, 4) is 0 Å². The molecule has 25 heavy (non-hydrogen) atoms. The van der Waals surface area contributed by atoms with Gasteiger partial charge in [-0.05, 0) is 26.2 Å². The molecule has 2 unspecified atom stereocenters. The lowest BCUT2D eigenvalue weighted by Gasteiger charge is -2.59. The maximum Gasteiger partial charge on any atom is 0.243 e. The van der Waals surface area contributed by atoms with Gasteiger partial charge >= 0.3 is 0 Å². The number of ether oxygens (including phenoxy) is 1. The van der Waals surface area contributed by atoms with Crippen LogP contribution >= 0.6 is 0 Å². The zero-order valence-corrected chi connectivity index (χ0v) is 16.3. The fourth-order valence-electron chi connectivity index (χ4n) is 3.96. The third-order valence-electron chi connectivity index (χ3n) is 6.19. The number of unbranched alkanes of at least 4 members (excludes halogenated alkanes) is 1. The number of likely N-dealkylation sites (tertiary alicyclic amines) is 1. The van der Waals surface area contributed by atoms with Crippen LogP contribution in [0.15, 0.2) is 0 Å². The van der Waals surface area contributed by atoms with Crippen molar-refractivity contribution < 1.29 is 14.3 Å². The summed E-state index contributed by atoms with van der Waals surface area (Å²) in [5, 5.41) is 3.00. The Morgan fingerprint density at radius 3 is 2.40 bits per heavy atom. The number of nitrogens with one attached hydrogen (secondary N) is 1. The summed E-state index contributed by atoms with van der Waals surface area (Å²) in [6.07, 6.45) is 4.13. The number of carbonyl (C=O) groups excluding carboxylic acids is 2. The zero-order chi connectivity index (χ0) is 18.7. The van der Waals surface area contributed by atoms with Gasteiger partial charge < -0.3 is 20.7 Å². The molecule has 2 aliphatic rings. The smallest absolute Gasteiger partial charge is 0.243 e. The van der Waals surface area contributed by atoms with E-state index in [2.05, 4.69) is 12.2 Å². The Balaban J connectivity index is 1.86. The standard InChI is InChI=1S/C19H35N3O3/c1-5-7-10-21-16(23)14-8-11-22(12-9-14)17(24)19(20)13-15(25-6-2)18(19,3)4/h14-15H,5-13,20H2,1-4H3,(H,21,23). The average molecular weight is 354 g/mol. The molecule has 6 heteroatoms. The molecule has 1 aliphatic heterocycles. The molecule has 0 bridgehead atoms. The Kier molecular flexibility index (Phi) is 6.49. The van der Waals surface area contributed by atoms with E-state index in [0.29, 0.717) is 26.1 Å². The van der Waals surface area contributed by atoms with Crippen molar-refractivity contribution in [3.63, 3.8) is 0 Å². The average Bonchev–Trinajstić information content (AvgIpc) is 2.61. The Morgan fingerprint density at radius 2 is 1.88 bits per heavy atom. The first-order valence-corrected chi connectivity index (χ1v) is 9.75. The molecule has 0 radical (unpaired) electrons. The second kappa shape index (κ2) is 8.04. The van der Waals surface area contributed by atoms with E-state index in [4.69, 9.17) is 10.5 Å². The minimum atomic E-state index is -0.858. The molecule has 2 fully saturated rings. The van der Waals surface area contributed by atoms with Crippen LogP contribution in [-0.4, -0.2) is 54.6 Å². The summed E-state index contributed by atoms with van der Waals surface area (Å²) in [5.41, 5.74) is 5.28. The molecule has 0 spiro atoms. The third-order valence-corrected chi connectivity index (χ3v) is 6.19. The maximum absolute atomic E-state index is 13.0. The number of carbonyl (C=O) groups is 2. The van der Waals surface area contributed by atoms with E-state index in [1.165, 1.54) is 0 Å². The van der Waals surface area contributed by atoms with Crippen LogP contribution in [0.3, 0.4) is 0 Å². The van der Waals surface area contributed by atoms with Crippen LogP contribution in [0, 0.1) is 11.3 Å². The van der Waals surface area contributed by atoms with Crippen molar-refractivity contribution in [3.05, 3.63) is 0 Å². The van der Waals surface area contributed by atoms with Crippen LogP contribution in [0.25, 0.3) is 0 Å². The molecule has 0 aromatic heterocycles. The van der Waals surface area contributed by atoms with E-state index in [1.54, 1.807) is 0 Å². The highest BCUT2D eigenvalue weighted by molar-refractivity contribution is 5.89. The first-order valence-electron chi connectivity index (χ1n) is 9.75. The Hall–Kier alpha value is -1.14. The molecule has 2 amide bonds. The molecule has 0 aromatic rings. The predicted octanol–water partition coefficient (Wildman–Crippen LogP) is 1.67. The summed E-state index contributed by atoms with van der Waals surface area (Å²) in [5.74, 6) is 0.155. The first-order chi connectivity index (χ1) is 11.8. The van der Waals surface area contributed by atoms with Gasteiger partial charge in [0.15, 0.2) is 0 Å². The van der Waals surface area contributed by atoms with Crippen LogP contribution in [-0.2, 0) is 14.3 Å². The second-order valence-electron chi connectivity index (χ2n) is 8.05. The SMILES string of the molecule is CCCCNC(=O)C1CCN(C(=O)C2(N)CC(OCC)C2(C)C)CC1. The summed E-state index contributed by atoms with van der Waals surface area (Å²) in [7, 11) is 0. The fourth-order valence-corrected chi connectivity index (χ4v) is 3.96. The molecular formula is C19H35N3O3. The van der Waals surface area contributed by atoms with Crippen LogP contribution in [0.5, 0.6) is 0 Å². The molecule has 2 rings (SSSR count). The van der Waals surface area contributed by atoms with Crippen molar-refractivity contribution in [1.29, 1.82) is 0 Å². The number of rotatable bonds is 7. The lowest BCUT2D eigenvalue weighted by molar-refractivity contribution is -0.180. The molecule has 3 N–H and O–H groups in total. The van der Waals surface area contributed by atoms with Crippen LogP contribution < -0.4 is 11.1 Å². The number of hydrogen-bond acceptors (Lipinski definition) is 4. The molecule has 144 valence electrons. The summed E-state index contributed by atoms with van der Waals surface area (Å²) < 4.78 is 5.72. The van der Waals surface area contributed by atoms with E-state index < -0.39 is 5.54 Å². The second-order valence-corrected chi connectivity index (χ2v) is 8.05. The van der Waals surface area contributed by atoms with Gasteiger partial charge in [-0.25, -0.2) is 0 Å². The van der Waals surface area contributed by atoms with Gasteiger partial charge in [-0.2, -0.15) is 0 Å². The van der Waals surface area contributed by atoms with Crippen molar-refractivity contribution in [2.75, 3.05) is 26.2 Å². The highest BCUT2D eigenvalue weighted by Gasteiger charge is 2.63. The largest absolute Gasteiger partial charge is 0.378 e. The maximum atomic E-state index is 13.0. The monoisotopic (exact) mass is 353 g/mol. The van der Waals surface area contributed by atoms with E-state index in [-0.39, 0.29) is 29.3 Å². The quantitative estimate of drug-likeness (QED) is 0.682. The Bertz CT molecular complexity index is 486. The summed E-state index contributed by atoms with van der Waals surface area (Å²) in [4.78, 5) is 27.0. The molecule has 2 atom stereocenters. The van der Waals surface area contributed by atoms with Crippen LogP contribution in [0.1, 0.15) is 59.8 Å². The minimum Gasteiger partial charge on any atom is -0.378 e. The van der Waals surface area contributed by atoms with Crippen molar-refractivity contribution in [1.82, 2.24) is 10.2 Å². The van der Waals surface area contributed by atoms with Gasteiger partial charge in [0.05, 0.1) is 6.10 Å². The van der Waals surface area contributed by atoms with Gasteiger partial charge in [0, 0.05) is 44.0 Å². The Morgan fingerprint density at radius 1 is 1.24 bits per heavy atom. The summed E-state index contributed by atoms with van der Waals surface area (Å²) in [6.45, 7) is 10.7. The Labute approximate surface area is 151 Å². The van der Waals surface area contributed by atoms with Crippen LogP contribution in [0.4, 0.5) is 0 Å². The van der Waals surface area contributed by atoms with Crippen LogP contribution in [0.2, 0.25) is 0 Å². The van der Waals surface area contributed by atoms with Gasteiger partial charge in [-0.1, -0.05) is 27.2 Å². The highest BCUT2D eigenvalue weighted by atomic mass is 16.5. The van der Waals surface area contributed by atoms with Gasteiger partial charge in [-0.3, -0.25) is 9.59 Å². The molecule has 0 aromatic carbocycles. The zero-order valence-electron chi connectivity index (χ0n) is 16.3. The first kappa shape index (κ1) is 20.2. The van der Waals surface area contributed by atoms with E-state index in [9.17, 15) is 9.59 Å².